The molecular weight excluding hydrogens is 396 g/mol. The van der Waals surface area contributed by atoms with Gasteiger partial charge < -0.3 is 23.6 Å². The third-order valence-corrected chi connectivity index (χ3v) is 6.30. The van der Waals surface area contributed by atoms with Gasteiger partial charge in [-0.25, -0.2) is 0 Å². The molecule has 0 aliphatic carbocycles. The molecule has 4 heterocycles. The van der Waals surface area contributed by atoms with E-state index in [-0.39, 0.29) is 17.7 Å². The van der Waals surface area contributed by atoms with E-state index in [1.807, 2.05) is 65.9 Å². The lowest BCUT2D eigenvalue weighted by atomic mass is 9.93. The number of hydrogen-bond acceptors (Lipinski definition) is 5. The van der Waals surface area contributed by atoms with Crippen LogP contribution in [0.4, 0.5) is 0 Å². The average Bonchev–Trinajstić information content (AvgIpc) is 3.51. The lowest BCUT2D eigenvalue weighted by Crippen LogP contribution is -2.60. The zero-order valence-electron chi connectivity index (χ0n) is 17.7. The first-order chi connectivity index (χ1) is 15.0. The van der Waals surface area contributed by atoms with Crippen molar-refractivity contribution in [2.24, 2.45) is 0 Å². The first-order valence-corrected chi connectivity index (χ1v) is 10.3. The molecule has 0 spiro atoms. The van der Waals surface area contributed by atoms with Gasteiger partial charge in [0, 0.05) is 24.8 Å². The van der Waals surface area contributed by atoms with Crippen molar-refractivity contribution in [3.05, 3.63) is 71.4 Å². The minimum absolute atomic E-state index is 0.0392. The summed E-state index contributed by atoms with van der Waals surface area (Å²) < 4.78 is 12.4. The van der Waals surface area contributed by atoms with Crippen LogP contribution in [0.1, 0.15) is 51.9 Å². The molecule has 8 nitrogen and oxygen atoms in total. The molecule has 1 saturated heterocycles. The van der Waals surface area contributed by atoms with Gasteiger partial charge in [-0.2, -0.15) is 0 Å². The third kappa shape index (κ3) is 2.71. The Kier molecular flexibility index (Phi) is 4.39. The largest absolute Gasteiger partial charge is 0.497 e. The van der Waals surface area contributed by atoms with Crippen molar-refractivity contribution in [2.75, 3.05) is 20.2 Å². The maximum absolute atomic E-state index is 13.8. The Morgan fingerprint density at radius 1 is 1.19 bits per heavy atom. The number of fused-ring (bicyclic) bond motifs is 2. The fourth-order valence-electron chi connectivity index (χ4n) is 4.78. The molecule has 160 valence electrons. The monoisotopic (exact) mass is 420 g/mol. The second kappa shape index (κ2) is 7.01. The normalized spacial score (nSPS) is 20.2. The standard InChI is InChI=1S/C23H24N4O4/c1-15(2)20-18(13-31-24-20)21(28)26-11-12-27-22(29)19-5-4-10-25(19)14-23(26,27)16-6-8-17(30-3)9-7-16/h4-10,13,15H,11-12,14H2,1-3H3. The Hall–Kier alpha value is -3.55. The number of methoxy groups -OCH3 is 1. The van der Waals surface area contributed by atoms with E-state index in [4.69, 9.17) is 9.26 Å². The minimum atomic E-state index is -0.946. The van der Waals surface area contributed by atoms with Gasteiger partial charge >= 0.3 is 0 Å². The van der Waals surface area contributed by atoms with Gasteiger partial charge in [-0.1, -0.05) is 31.1 Å². The van der Waals surface area contributed by atoms with Gasteiger partial charge in [-0.05, 0) is 30.2 Å². The molecular formula is C23H24N4O4. The van der Waals surface area contributed by atoms with E-state index in [1.165, 1.54) is 6.26 Å². The van der Waals surface area contributed by atoms with Crippen LogP contribution in [-0.4, -0.2) is 51.5 Å². The minimum Gasteiger partial charge on any atom is -0.497 e. The number of hydrogen-bond donors (Lipinski definition) is 0. The smallest absolute Gasteiger partial charge is 0.272 e. The van der Waals surface area contributed by atoms with Crippen LogP contribution in [0.5, 0.6) is 5.75 Å². The lowest BCUT2D eigenvalue weighted by molar-refractivity contribution is -0.00601. The number of aromatic nitrogens is 2. The van der Waals surface area contributed by atoms with Crippen LogP contribution in [-0.2, 0) is 12.2 Å². The third-order valence-electron chi connectivity index (χ3n) is 6.30. The fraction of sp³-hybridized carbons (Fsp3) is 0.348. The summed E-state index contributed by atoms with van der Waals surface area (Å²) in [6.07, 6.45) is 3.30. The topological polar surface area (TPSA) is 80.8 Å². The molecule has 1 fully saturated rings. The summed E-state index contributed by atoms with van der Waals surface area (Å²) in [5.74, 6) is 0.480. The molecule has 1 unspecified atom stereocenters. The van der Waals surface area contributed by atoms with Crippen LogP contribution in [0.15, 0.2) is 53.4 Å². The van der Waals surface area contributed by atoms with E-state index >= 15 is 0 Å². The van der Waals surface area contributed by atoms with E-state index in [2.05, 4.69) is 5.16 Å². The van der Waals surface area contributed by atoms with Gasteiger partial charge in [0.15, 0.2) is 5.66 Å². The van der Waals surface area contributed by atoms with E-state index in [0.29, 0.717) is 42.3 Å². The lowest BCUT2D eigenvalue weighted by Gasteiger charge is -2.47. The van der Waals surface area contributed by atoms with Crippen molar-refractivity contribution >= 4 is 11.8 Å². The zero-order chi connectivity index (χ0) is 21.8. The predicted octanol–water partition coefficient (Wildman–Crippen LogP) is 3.07. The van der Waals surface area contributed by atoms with Crippen molar-refractivity contribution < 1.29 is 18.8 Å². The number of rotatable bonds is 4. The summed E-state index contributed by atoms with van der Waals surface area (Å²) in [5, 5.41) is 4.05. The molecule has 0 N–H and O–H groups in total. The second-order valence-corrected chi connectivity index (χ2v) is 8.25. The summed E-state index contributed by atoms with van der Waals surface area (Å²) in [6, 6.07) is 11.3. The molecule has 5 rings (SSSR count). The van der Waals surface area contributed by atoms with Crippen molar-refractivity contribution in [1.29, 1.82) is 0 Å². The molecule has 2 amide bonds. The summed E-state index contributed by atoms with van der Waals surface area (Å²) in [7, 11) is 1.61. The highest BCUT2D eigenvalue weighted by molar-refractivity contribution is 5.99. The summed E-state index contributed by atoms with van der Waals surface area (Å²) in [4.78, 5) is 30.8. The zero-order valence-corrected chi connectivity index (χ0v) is 17.7. The van der Waals surface area contributed by atoms with Gasteiger partial charge in [0.25, 0.3) is 11.8 Å². The summed E-state index contributed by atoms with van der Waals surface area (Å²) >= 11 is 0. The molecule has 2 aliphatic heterocycles. The first kappa shape index (κ1) is 19.4. The molecule has 0 bridgehead atoms. The van der Waals surface area contributed by atoms with Crippen molar-refractivity contribution in [2.45, 2.75) is 32.0 Å². The Morgan fingerprint density at radius 2 is 1.97 bits per heavy atom. The highest BCUT2D eigenvalue weighted by atomic mass is 16.5. The Bertz CT molecular complexity index is 1150. The first-order valence-electron chi connectivity index (χ1n) is 10.3. The molecule has 2 aromatic heterocycles. The van der Waals surface area contributed by atoms with E-state index < -0.39 is 5.66 Å². The quantitative estimate of drug-likeness (QED) is 0.648. The number of nitrogens with zero attached hydrogens (tertiary/aromatic N) is 4. The van der Waals surface area contributed by atoms with E-state index in [0.717, 1.165) is 5.56 Å². The SMILES string of the molecule is COc1ccc(C23Cn4cccc4C(=O)N2CCN3C(=O)c2conc2C(C)C)cc1. The maximum Gasteiger partial charge on any atom is 0.272 e. The Balaban J connectivity index is 1.67. The highest BCUT2D eigenvalue weighted by Gasteiger charge is 2.56. The van der Waals surface area contributed by atoms with Gasteiger partial charge in [-0.15, -0.1) is 0 Å². The van der Waals surface area contributed by atoms with Gasteiger partial charge in [0.05, 0.1) is 19.3 Å². The van der Waals surface area contributed by atoms with Gasteiger partial charge in [-0.3, -0.25) is 9.59 Å². The fourth-order valence-corrected chi connectivity index (χ4v) is 4.78. The molecule has 1 atom stereocenters. The number of benzene rings is 1. The number of carbonyl (C=O) groups is 2. The van der Waals surface area contributed by atoms with Gasteiger partial charge in [0.2, 0.25) is 0 Å². The maximum atomic E-state index is 13.8. The molecule has 8 heteroatoms. The van der Waals surface area contributed by atoms with Gasteiger partial charge in [0.1, 0.15) is 23.3 Å². The highest BCUT2D eigenvalue weighted by Crippen LogP contribution is 2.44. The summed E-state index contributed by atoms with van der Waals surface area (Å²) in [5.41, 5.74) is 1.60. The van der Waals surface area contributed by atoms with Crippen LogP contribution in [0.2, 0.25) is 0 Å². The molecule has 2 aliphatic rings. The number of amides is 2. The molecule has 0 radical (unpaired) electrons. The van der Waals surface area contributed by atoms with Crippen LogP contribution >= 0.6 is 0 Å². The van der Waals surface area contributed by atoms with Crippen LogP contribution < -0.4 is 4.74 Å². The van der Waals surface area contributed by atoms with Crippen molar-refractivity contribution in [1.82, 2.24) is 19.5 Å². The van der Waals surface area contributed by atoms with Crippen molar-refractivity contribution in [3.63, 3.8) is 0 Å². The number of ether oxygens (including phenoxy) is 1. The molecule has 3 aromatic rings. The summed E-state index contributed by atoms with van der Waals surface area (Å²) in [6.45, 7) is 5.26. The predicted molar refractivity (Wildman–Crippen MR) is 112 cm³/mol. The van der Waals surface area contributed by atoms with E-state index in [9.17, 15) is 9.59 Å². The second-order valence-electron chi connectivity index (χ2n) is 8.25. The molecule has 31 heavy (non-hydrogen) atoms. The van der Waals surface area contributed by atoms with E-state index in [1.54, 1.807) is 12.0 Å². The molecule has 1 aromatic carbocycles. The number of carbonyl (C=O) groups excluding carboxylic acids is 2. The Labute approximate surface area is 180 Å². The van der Waals surface area contributed by atoms with Crippen LogP contribution in [0.3, 0.4) is 0 Å². The Morgan fingerprint density at radius 3 is 2.68 bits per heavy atom. The van der Waals surface area contributed by atoms with Crippen LogP contribution in [0, 0.1) is 0 Å². The van der Waals surface area contributed by atoms with Crippen LogP contribution in [0.25, 0.3) is 0 Å². The molecule has 0 saturated carbocycles. The average molecular weight is 420 g/mol. The van der Waals surface area contributed by atoms with Crippen molar-refractivity contribution in [3.8, 4) is 5.75 Å².